The number of ether oxygens (including phenoxy) is 2. The maximum absolute atomic E-state index is 13.8. The van der Waals surface area contributed by atoms with Crippen LogP contribution in [0.15, 0.2) is 75.4 Å². The Labute approximate surface area is 247 Å². The van der Waals surface area contributed by atoms with E-state index in [0.29, 0.717) is 0 Å². The number of nitrogens with zero attached hydrogens (tertiary/aromatic N) is 1. The SMILES string of the molecule is C[C@H](NP(=O)(OC[C@H]1O[C@@H](n2cc(/C=C/Br)c(=O)[nH]c2=O)CC1O)Oc1ccc(F)cc1)C(=O)OCc1ccccc1. The second-order valence-electron chi connectivity index (χ2n) is 9.26. The number of benzene rings is 2. The van der Waals surface area contributed by atoms with Crippen molar-refractivity contribution in [1.82, 2.24) is 14.6 Å². The molecular weight excluding hydrogens is 640 g/mol. The zero-order chi connectivity index (χ0) is 30.3. The van der Waals surface area contributed by atoms with Crippen LogP contribution in [0.3, 0.4) is 0 Å². The highest BCUT2D eigenvalue weighted by molar-refractivity contribution is 9.11. The molecule has 0 saturated carbocycles. The Morgan fingerprint density at radius 1 is 1.26 bits per heavy atom. The van der Waals surface area contributed by atoms with Gasteiger partial charge in [-0.3, -0.25) is 23.7 Å². The third-order valence-corrected chi connectivity index (χ3v) is 8.04. The number of aliphatic hydroxyl groups is 1. The molecular formula is C27H28BrFN3O9P. The van der Waals surface area contributed by atoms with Crippen LogP contribution >= 0.6 is 23.7 Å². The molecule has 15 heteroatoms. The van der Waals surface area contributed by atoms with Crippen LogP contribution in [0.5, 0.6) is 5.75 Å². The maximum atomic E-state index is 13.8. The largest absolute Gasteiger partial charge is 0.460 e. The lowest BCUT2D eigenvalue weighted by atomic mass is 10.2. The van der Waals surface area contributed by atoms with Crippen LogP contribution in [0.25, 0.3) is 6.08 Å². The molecule has 0 aliphatic carbocycles. The van der Waals surface area contributed by atoms with E-state index in [9.17, 15) is 28.4 Å². The third-order valence-electron chi connectivity index (χ3n) is 6.13. The molecule has 1 aliphatic rings. The van der Waals surface area contributed by atoms with E-state index >= 15 is 0 Å². The first kappa shape index (κ1) is 31.5. The van der Waals surface area contributed by atoms with E-state index in [1.54, 1.807) is 24.3 Å². The van der Waals surface area contributed by atoms with Gasteiger partial charge in [-0.25, -0.2) is 13.8 Å². The highest BCUT2D eigenvalue weighted by Gasteiger charge is 2.39. The van der Waals surface area contributed by atoms with Crippen molar-refractivity contribution in [2.75, 3.05) is 6.61 Å². The van der Waals surface area contributed by atoms with Crippen molar-refractivity contribution in [3.63, 3.8) is 0 Å². The lowest BCUT2D eigenvalue weighted by Gasteiger charge is -2.24. The molecule has 2 heterocycles. The van der Waals surface area contributed by atoms with Gasteiger partial charge in [-0.15, -0.1) is 0 Å². The van der Waals surface area contributed by atoms with Gasteiger partial charge in [0, 0.05) is 12.6 Å². The summed E-state index contributed by atoms with van der Waals surface area (Å²) in [6, 6.07) is 12.4. The minimum atomic E-state index is -4.36. The summed E-state index contributed by atoms with van der Waals surface area (Å²) in [5.74, 6) is -1.31. The molecule has 3 N–H and O–H groups in total. The van der Waals surface area contributed by atoms with Crippen LogP contribution < -0.4 is 20.9 Å². The van der Waals surface area contributed by atoms with Crippen molar-refractivity contribution in [3.8, 4) is 5.75 Å². The smallest absolute Gasteiger partial charge is 0.459 e. The molecule has 0 spiro atoms. The predicted molar refractivity (Wildman–Crippen MR) is 153 cm³/mol. The molecule has 3 aromatic rings. The summed E-state index contributed by atoms with van der Waals surface area (Å²) in [5, 5.41) is 13.1. The first-order chi connectivity index (χ1) is 20.1. The summed E-state index contributed by atoms with van der Waals surface area (Å²) in [4.78, 5) is 40.7. The molecule has 1 aliphatic heterocycles. The number of halogens is 2. The zero-order valence-electron chi connectivity index (χ0n) is 22.2. The van der Waals surface area contributed by atoms with Gasteiger partial charge in [0.2, 0.25) is 0 Å². The Bertz CT molecular complexity index is 1570. The molecule has 12 nitrogen and oxygen atoms in total. The number of carbonyl (C=O) groups is 1. The fourth-order valence-corrected chi connectivity index (χ4v) is 5.76. The minimum Gasteiger partial charge on any atom is -0.460 e. The van der Waals surface area contributed by atoms with Gasteiger partial charge >= 0.3 is 19.4 Å². The normalized spacial score (nSPS) is 20.7. The monoisotopic (exact) mass is 667 g/mol. The van der Waals surface area contributed by atoms with Gasteiger partial charge < -0.3 is 19.1 Å². The molecule has 0 amide bonds. The number of aliphatic hydroxyl groups excluding tert-OH is 1. The van der Waals surface area contributed by atoms with E-state index < -0.39 is 61.9 Å². The van der Waals surface area contributed by atoms with Crippen LogP contribution in [-0.2, 0) is 30.0 Å². The summed E-state index contributed by atoms with van der Waals surface area (Å²) in [6.45, 7) is 0.896. The number of hydrogen-bond donors (Lipinski definition) is 3. The molecule has 5 atom stereocenters. The van der Waals surface area contributed by atoms with Gasteiger partial charge in [-0.2, -0.15) is 5.09 Å². The molecule has 2 unspecified atom stereocenters. The van der Waals surface area contributed by atoms with Crippen molar-refractivity contribution < 1.29 is 37.4 Å². The van der Waals surface area contributed by atoms with Crippen molar-refractivity contribution >= 4 is 35.7 Å². The second-order valence-corrected chi connectivity index (χ2v) is 11.5. The van der Waals surface area contributed by atoms with Gasteiger partial charge in [0.25, 0.3) is 5.56 Å². The summed E-state index contributed by atoms with van der Waals surface area (Å²) in [7, 11) is -4.36. The Kier molecular flexibility index (Phi) is 10.7. The molecule has 1 aromatic heterocycles. The fourth-order valence-electron chi connectivity index (χ4n) is 3.98. The number of esters is 1. The van der Waals surface area contributed by atoms with Crippen LogP contribution in [-0.4, -0.2) is 45.5 Å². The summed E-state index contributed by atoms with van der Waals surface area (Å²) in [5.41, 5.74) is -0.440. The number of H-pyrrole nitrogens is 1. The summed E-state index contributed by atoms with van der Waals surface area (Å²) in [6.07, 6.45) is -0.533. The third kappa shape index (κ3) is 8.34. The second kappa shape index (κ2) is 14.2. The van der Waals surface area contributed by atoms with Crippen LogP contribution in [0.2, 0.25) is 0 Å². The van der Waals surface area contributed by atoms with Gasteiger partial charge in [0.1, 0.15) is 36.5 Å². The van der Waals surface area contributed by atoms with Crippen molar-refractivity contribution in [3.05, 3.63) is 104 Å². The molecule has 0 bridgehead atoms. The van der Waals surface area contributed by atoms with E-state index in [0.717, 1.165) is 22.3 Å². The fraction of sp³-hybridized carbons (Fsp3) is 0.296. The predicted octanol–water partition coefficient (Wildman–Crippen LogP) is 3.61. The number of carbonyl (C=O) groups excluding carboxylic acids is 1. The average molecular weight is 668 g/mol. The summed E-state index contributed by atoms with van der Waals surface area (Å²) < 4.78 is 50.5. The average Bonchev–Trinajstić information content (AvgIpc) is 3.34. The van der Waals surface area contributed by atoms with E-state index in [2.05, 4.69) is 26.0 Å². The number of nitrogens with one attached hydrogen (secondary N) is 2. The molecule has 1 fully saturated rings. The molecule has 42 heavy (non-hydrogen) atoms. The van der Waals surface area contributed by atoms with Crippen molar-refractivity contribution in [2.45, 2.75) is 44.4 Å². The van der Waals surface area contributed by atoms with Crippen LogP contribution in [0.4, 0.5) is 4.39 Å². The quantitative estimate of drug-likeness (QED) is 0.192. The van der Waals surface area contributed by atoms with Gasteiger partial charge in [0.05, 0.1) is 18.3 Å². The lowest BCUT2D eigenvalue weighted by molar-refractivity contribution is -0.146. The van der Waals surface area contributed by atoms with E-state index in [1.165, 1.54) is 36.3 Å². The number of aromatic nitrogens is 2. The molecule has 4 rings (SSSR count). The number of hydrogen-bond acceptors (Lipinski definition) is 9. The maximum Gasteiger partial charge on any atom is 0.459 e. The first-order valence-electron chi connectivity index (χ1n) is 12.7. The van der Waals surface area contributed by atoms with Crippen LogP contribution in [0, 0.1) is 5.82 Å². The van der Waals surface area contributed by atoms with E-state index in [4.69, 9.17) is 18.5 Å². The highest BCUT2D eigenvalue weighted by Crippen LogP contribution is 2.46. The highest BCUT2D eigenvalue weighted by atomic mass is 79.9. The number of aromatic amines is 1. The zero-order valence-corrected chi connectivity index (χ0v) is 24.7. The van der Waals surface area contributed by atoms with Crippen LogP contribution in [0.1, 0.15) is 30.7 Å². The molecule has 0 radical (unpaired) electrons. The lowest BCUT2D eigenvalue weighted by Crippen LogP contribution is -2.36. The standard InChI is InChI=1S/C27H28BrFN3O9P/c1-17(26(35)38-15-18-5-3-2-4-6-18)31-42(37,41-21-9-7-20(29)8-10-21)39-16-23-22(33)13-24(40-23)32-14-19(11-12-28)25(34)30-27(32)36/h2-12,14,17,22-24,33H,13,15-16H2,1H3,(H,31,37)(H,30,34,36)/b12-11+/t17-,22?,23+,24+,42?/m0/s1. The van der Waals surface area contributed by atoms with Gasteiger partial charge in [0.15, 0.2) is 0 Å². The Hall–Kier alpha value is -3.39. The minimum absolute atomic E-state index is 0.0174. The Balaban J connectivity index is 1.46. The molecule has 1 saturated heterocycles. The van der Waals surface area contributed by atoms with Gasteiger partial charge in [-0.1, -0.05) is 46.3 Å². The van der Waals surface area contributed by atoms with Crippen molar-refractivity contribution in [1.29, 1.82) is 0 Å². The van der Waals surface area contributed by atoms with Crippen molar-refractivity contribution in [2.24, 2.45) is 0 Å². The number of rotatable bonds is 12. The van der Waals surface area contributed by atoms with Gasteiger partial charge in [-0.05, 0) is 47.8 Å². The van der Waals surface area contributed by atoms with E-state index in [1.807, 2.05) is 6.07 Å². The Morgan fingerprint density at radius 2 is 1.98 bits per heavy atom. The van der Waals surface area contributed by atoms with E-state index in [-0.39, 0.29) is 24.3 Å². The molecule has 224 valence electrons. The summed E-state index contributed by atoms with van der Waals surface area (Å²) >= 11 is 3.08. The Morgan fingerprint density at radius 3 is 2.67 bits per heavy atom. The molecule has 2 aromatic carbocycles. The first-order valence-corrected chi connectivity index (χ1v) is 15.2. The topological polar surface area (TPSA) is 158 Å².